The molecule has 0 bridgehead atoms. The van der Waals surface area contributed by atoms with Gasteiger partial charge < -0.3 is 9.64 Å². The lowest BCUT2D eigenvalue weighted by molar-refractivity contribution is 0.0933. The van der Waals surface area contributed by atoms with Crippen LogP contribution in [0.25, 0.3) is 0 Å². The minimum atomic E-state index is 0.211. The second-order valence-electron chi connectivity index (χ2n) is 4.52. The molecule has 2 aliphatic heterocycles. The summed E-state index contributed by atoms with van der Waals surface area (Å²) in [5.74, 6) is 0.994. The summed E-state index contributed by atoms with van der Waals surface area (Å²) in [6, 6.07) is 4.06. The van der Waals surface area contributed by atoms with Gasteiger partial charge in [-0.2, -0.15) is 0 Å². The Bertz CT molecular complexity index is 453. The predicted octanol–water partition coefficient (Wildman–Crippen LogP) is 2.03. The second-order valence-corrected chi connectivity index (χ2v) is 4.52. The Kier molecular flexibility index (Phi) is 2.13. The first-order valence-corrected chi connectivity index (χ1v) is 5.80. The first kappa shape index (κ1) is 9.70. The molecule has 84 valence electrons. The molecule has 0 aromatic heterocycles. The molecular formula is C13H15NO2. The molecule has 2 heterocycles. The Labute approximate surface area is 95.0 Å². The van der Waals surface area contributed by atoms with Crippen LogP contribution in [0.5, 0.6) is 5.75 Å². The maximum absolute atomic E-state index is 11.8. The van der Waals surface area contributed by atoms with Crippen LogP contribution in [-0.2, 0) is 6.42 Å². The summed E-state index contributed by atoms with van der Waals surface area (Å²) >= 11 is 0. The molecule has 0 saturated carbocycles. The monoisotopic (exact) mass is 217 g/mol. The molecule has 0 amide bonds. The van der Waals surface area contributed by atoms with Crippen molar-refractivity contribution in [1.29, 1.82) is 0 Å². The second kappa shape index (κ2) is 3.51. The number of carbonyl (C=O) groups excluding carboxylic acids is 1. The molecule has 16 heavy (non-hydrogen) atoms. The van der Waals surface area contributed by atoms with Crippen molar-refractivity contribution in [2.24, 2.45) is 0 Å². The highest BCUT2D eigenvalue weighted by Gasteiger charge is 2.23. The number of fused-ring (bicyclic) bond motifs is 2. The number of hydrogen-bond donors (Lipinski definition) is 0. The van der Waals surface area contributed by atoms with Crippen molar-refractivity contribution in [3.05, 3.63) is 23.3 Å². The molecule has 0 radical (unpaired) electrons. The summed E-state index contributed by atoms with van der Waals surface area (Å²) in [6.07, 6.45) is 2.77. The third-order valence-corrected chi connectivity index (χ3v) is 3.42. The number of benzene rings is 1. The van der Waals surface area contributed by atoms with Crippen molar-refractivity contribution in [2.75, 3.05) is 25.1 Å². The average Bonchev–Trinajstić information content (AvgIpc) is 2.28. The number of aryl methyl sites for hydroxylation is 1. The lowest BCUT2D eigenvalue weighted by Gasteiger charge is -2.29. The summed E-state index contributed by atoms with van der Waals surface area (Å²) in [5.41, 5.74) is 3.27. The third-order valence-electron chi connectivity index (χ3n) is 3.42. The molecule has 0 atom stereocenters. The van der Waals surface area contributed by atoms with E-state index in [-0.39, 0.29) is 5.78 Å². The van der Waals surface area contributed by atoms with Crippen molar-refractivity contribution >= 4 is 11.5 Å². The Morgan fingerprint density at radius 2 is 2.19 bits per heavy atom. The van der Waals surface area contributed by atoms with Gasteiger partial charge in [-0.25, -0.2) is 0 Å². The fourth-order valence-corrected chi connectivity index (χ4v) is 2.52. The summed E-state index contributed by atoms with van der Waals surface area (Å²) in [7, 11) is 2.08. The van der Waals surface area contributed by atoms with Crippen LogP contribution >= 0.6 is 0 Å². The normalized spacial score (nSPS) is 18.8. The number of anilines is 1. The number of carbonyl (C=O) groups is 1. The molecule has 0 saturated heterocycles. The van der Waals surface area contributed by atoms with Crippen LogP contribution in [0.3, 0.4) is 0 Å². The van der Waals surface area contributed by atoms with Crippen molar-refractivity contribution in [3.63, 3.8) is 0 Å². The quantitative estimate of drug-likeness (QED) is 0.666. The van der Waals surface area contributed by atoms with Gasteiger partial charge in [0.25, 0.3) is 0 Å². The van der Waals surface area contributed by atoms with Crippen molar-refractivity contribution in [3.8, 4) is 5.75 Å². The maximum Gasteiger partial charge on any atom is 0.170 e. The van der Waals surface area contributed by atoms with E-state index in [1.807, 2.05) is 6.07 Å². The van der Waals surface area contributed by atoms with E-state index in [1.54, 1.807) is 0 Å². The molecule has 1 aromatic rings. The van der Waals surface area contributed by atoms with Crippen molar-refractivity contribution in [2.45, 2.75) is 19.3 Å². The zero-order valence-corrected chi connectivity index (χ0v) is 9.45. The SMILES string of the molecule is CN1CCCc2cc3c(cc21)C(=O)CCO3. The van der Waals surface area contributed by atoms with E-state index in [4.69, 9.17) is 4.74 Å². The van der Waals surface area contributed by atoms with E-state index in [1.165, 1.54) is 17.7 Å². The van der Waals surface area contributed by atoms with Crippen LogP contribution in [0.15, 0.2) is 12.1 Å². The third kappa shape index (κ3) is 1.39. The predicted molar refractivity (Wildman–Crippen MR) is 62.5 cm³/mol. The largest absolute Gasteiger partial charge is 0.492 e. The lowest BCUT2D eigenvalue weighted by Crippen LogP contribution is -2.26. The van der Waals surface area contributed by atoms with Crippen LogP contribution in [0, 0.1) is 0 Å². The summed E-state index contributed by atoms with van der Waals surface area (Å²) < 4.78 is 5.56. The van der Waals surface area contributed by atoms with E-state index in [2.05, 4.69) is 18.0 Å². The highest BCUT2D eigenvalue weighted by molar-refractivity contribution is 6.00. The van der Waals surface area contributed by atoms with E-state index in [0.29, 0.717) is 13.0 Å². The molecule has 0 spiro atoms. The van der Waals surface area contributed by atoms with Gasteiger partial charge in [-0.3, -0.25) is 4.79 Å². The molecule has 0 N–H and O–H groups in total. The Morgan fingerprint density at radius 1 is 1.31 bits per heavy atom. The number of nitrogens with zero attached hydrogens (tertiary/aromatic N) is 1. The van der Waals surface area contributed by atoms with Gasteiger partial charge >= 0.3 is 0 Å². The fourth-order valence-electron chi connectivity index (χ4n) is 2.52. The summed E-state index contributed by atoms with van der Waals surface area (Å²) in [4.78, 5) is 14.0. The Hall–Kier alpha value is -1.51. The van der Waals surface area contributed by atoms with Gasteiger partial charge in [-0.05, 0) is 30.5 Å². The van der Waals surface area contributed by atoms with Crippen LogP contribution in [0.4, 0.5) is 5.69 Å². The number of ether oxygens (including phenoxy) is 1. The highest BCUT2D eigenvalue weighted by Crippen LogP contribution is 2.35. The molecule has 3 rings (SSSR count). The Balaban J connectivity index is 2.14. The van der Waals surface area contributed by atoms with E-state index in [0.717, 1.165) is 24.3 Å². The molecule has 0 unspecified atom stereocenters. The maximum atomic E-state index is 11.8. The van der Waals surface area contributed by atoms with Crippen LogP contribution in [0.2, 0.25) is 0 Å². The van der Waals surface area contributed by atoms with E-state index < -0.39 is 0 Å². The molecule has 0 fully saturated rings. The van der Waals surface area contributed by atoms with Crippen LogP contribution in [0.1, 0.15) is 28.8 Å². The molecule has 1 aromatic carbocycles. The number of rotatable bonds is 0. The van der Waals surface area contributed by atoms with Gasteiger partial charge in [0.05, 0.1) is 12.2 Å². The molecule has 3 heteroatoms. The fraction of sp³-hybridized carbons (Fsp3) is 0.462. The van der Waals surface area contributed by atoms with E-state index in [9.17, 15) is 4.79 Å². The zero-order valence-electron chi connectivity index (χ0n) is 9.45. The van der Waals surface area contributed by atoms with Crippen molar-refractivity contribution < 1.29 is 9.53 Å². The molecule has 2 aliphatic rings. The van der Waals surface area contributed by atoms with E-state index >= 15 is 0 Å². The minimum Gasteiger partial charge on any atom is -0.492 e. The molecular weight excluding hydrogens is 202 g/mol. The number of Topliss-reactive ketones (excluding diaryl/α,β-unsaturated/α-hetero) is 1. The van der Waals surface area contributed by atoms with Crippen LogP contribution in [-0.4, -0.2) is 26.0 Å². The van der Waals surface area contributed by atoms with Gasteiger partial charge in [0.1, 0.15) is 5.75 Å². The van der Waals surface area contributed by atoms with Gasteiger partial charge in [0.2, 0.25) is 0 Å². The van der Waals surface area contributed by atoms with Gasteiger partial charge in [0.15, 0.2) is 5.78 Å². The number of hydrogen-bond acceptors (Lipinski definition) is 3. The van der Waals surface area contributed by atoms with Crippen molar-refractivity contribution in [1.82, 2.24) is 0 Å². The lowest BCUT2D eigenvalue weighted by atomic mass is 9.96. The van der Waals surface area contributed by atoms with Gasteiger partial charge in [-0.1, -0.05) is 0 Å². The zero-order chi connectivity index (χ0) is 11.1. The summed E-state index contributed by atoms with van der Waals surface area (Å²) in [5, 5.41) is 0. The first-order valence-electron chi connectivity index (χ1n) is 5.80. The minimum absolute atomic E-state index is 0.211. The first-order chi connectivity index (χ1) is 7.75. The van der Waals surface area contributed by atoms with Gasteiger partial charge in [0, 0.05) is 25.7 Å². The van der Waals surface area contributed by atoms with Gasteiger partial charge in [-0.15, -0.1) is 0 Å². The summed E-state index contributed by atoms with van der Waals surface area (Å²) in [6.45, 7) is 1.60. The molecule has 3 nitrogen and oxygen atoms in total. The standard InChI is InChI=1S/C13H15NO2/c1-14-5-2-3-9-7-13-10(8-11(9)14)12(15)4-6-16-13/h7-8H,2-6H2,1H3. The highest BCUT2D eigenvalue weighted by atomic mass is 16.5. The topological polar surface area (TPSA) is 29.5 Å². The molecule has 0 aliphatic carbocycles. The average molecular weight is 217 g/mol. The van der Waals surface area contributed by atoms with Crippen LogP contribution < -0.4 is 9.64 Å². The Morgan fingerprint density at radius 3 is 3.06 bits per heavy atom. The number of ketones is 1. The smallest absolute Gasteiger partial charge is 0.170 e.